The molecule has 114 valence electrons. The maximum atomic E-state index is 5.41. The Morgan fingerprint density at radius 2 is 2.24 bits per heavy atom. The highest BCUT2D eigenvalue weighted by atomic mass is 16.5. The molecule has 5 heteroatoms. The second kappa shape index (κ2) is 6.89. The minimum Gasteiger partial charge on any atom is -0.472 e. The fourth-order valence-corrected chi connectivity index (χ4v) is 3.12. The van der Waals surface area contributed by atoms with Crippen molar-refractivity contribution in [1.29, 1.82) is 0 Å². The number of furan rings is 1. The third-order valence-corrected chi connectivity index (χ3v) is 4.25. The van der Waals surface area contributed by atoms with Gasteiger partial charge in [0.1, 0.15) is 6.26 Å². The minimum atomic E-state index is 0.586. The summed E-state index contributed by atoms with van der Waals surface area (Å²) >= 11 is 0. The molecule has 5 nitrogen and oxygen atoms in total. The Bertz CT molecular complexity index is 535. The van der Waals surface area contributed by atoms with Gasteiger partial charge in [0, 0.05) is 12.5 Å². The monoisotopic (exact) mass is 289 g/mol. The van der Waals surface area contributed by atoms with Crippen LogP contribution in [0.15, 0.2) is 27.5 Å². The number of hydrogen-bond donors (Lipinski definition) is 1. The second-order valence-electron chi connectivity index (χ2n) is 5.83. The van der Waals surface area contributed by atoms with Gasteiger partial charge >= 0.3 is 0 Å². The topological polar surface area (TPSA) is 64.1 Å². The van der Waals surface area contributed by atoms with Crippen molar-refractivity contribution in [2.75, 3.05) is 6.54 Å². The van der Waals surface area contributed by atoms with Crippen LogP contribution in [0.5, 0.6) is 0 Å². The Morgan fingerprint density at radius 1 is 1.33 bits per heavy atom. The van der Waals surface area contributed by atoms with Crippen molar-refractivity contribution in [2.45, 2.75) is 51.5 Å². The van der Waals surface area contributed by atoms with Crippen molar-refractivity contribution in [3.8, 4) is 11.4 Å². The van der Waals surface area contributed by atoms with E-state index in [9.17, 15) is 0 Å². The van der Waals surface area contributed by atoms with Gasteiger partial charge in [-0.1, -0.05) is 24.9 Å². The summed E-state index contributed by atoms with van der Waals surface area (Å²) in [5.74, 6) is 1.96. The molecule has 1 aliphatic rings. The van der Waals surface area contributed by atoms with E-state index in [1.54, 1.807) is 12.5 Å². The van der Waals surface area contributed by atoms with E-state index in [0.717, 1.165) is 24.4 Å². The quantitative estimate of drug-likeness (QED) is 0.882. The van der Waals surface area contributed by atoms with Gasteiger partial charge in [0.25, 0.3) is 0 Å². The predicted molar refractivity (Wildman–Crippen MR) is 79.7 cm³/mol. The highest BCUT2D eigenvalue weighted by Gasteiger charge is 2.26. The van der Waals surface area contributed by atoms with E-state index < -0.39 is 0 Å². The van der Waals surface area contributed by atoms with Crippen LogP contribution in [0.2, 0.25) is 0 Å². The van der Waals surface area contributed by atoms with Crippen LogP contribution in [0.1, 0.15) is 44.9 Å². The van der Waals surface area contributed by atoms with Gasteiger partial charge in [-0.25, -0.2) is 0 Å². The van der Waals surface area contributed by atoms with E-state index in [0.29, 0.717) is 17.8 Å². The Balaban J connectivity index is 1.64. The molecule has 0 aromatic carbocycles. The molecule has 2 aromatic heterocycles. The van der Waals surface area contributed by atoms with Gasteiger partial charge in [-0.15, -0.1) is 0 Å². The summed E-state index contributed by atoms with van der Waals surface area (Å²) < 4.78 is 10.5. The third kappa shape index (κ3) is 3.53. The molecule has 0 aliphatic heterocycles. The van der Waals surface area contributed by atoms with E-state index in [2.05, 4.69) is 22.4 Å². The lowest BCUT2D eigenvalue weighted by atomic mass is 9.82. The number of rotatable bonds is 6. The normalized spacial score (nSPS) is 22.5. The fraction of sp³-hybridized carbons (Fsp3) is 0.625. The lowest BCUT2D eigenvalue weighted by Gasteiger charge is -2.31. The first kappa shape index (κ1) is 14.3. The van der Waals surface area contributed by atoms with Gasteiger partial charge in [-0.05, 0) is 37.8 Å². The minimum absolute atomic E-state index is 0.586. The molecule has 0 bridgehead atoms. The lowest BCUT2D eigenvalue weighted by molar-refractivity contribution is 0.240. The zero-order valence-corrected chi connectivity index (χ0v) is 12.5. The molecule has 2 unspecified atom stereocenters. The van der Waals surface area contributed by atoms with Crippen LogP contribution in [-0.4, -0.2) is 22.7 Å². The Morgan fingerprint density at radius 3 is 3.05 bits per heavy atom. The first-order chi connectivity index (χ1) is 10.4. The fourth-order valence-electron chi connectivity index (χ4n) is 3.12. The van der Waals surface area contributed by atoms with Crippen molar-refractivity contribution in [3.63, 3.8) is 0 Å². The van der Waals surface area contributed by atoms with E-state index in [-0.39, 0.29) is 0 Å². The number of nitrogens with zero attached hydrogens (tertiary/aromatic N) is 2. The van der Waals surface area contributed by atoms with Crippen LogP contribution >= 0.6 is 0 Å². The first-order valence-electron chi connectivity index (χ1n) is 7.95. The molecule has 0 saturated heterocycles. The summed E-state index contributed by atoms with van der Waals surface area (Å²) in [6.07, 6.45) is 10.4. The summed E-state index contributed by atoms with van der Waals surface area (Å²) in [6.45, 7) is 3.30. The summed E-state index contributed by atoms with van der Waals surface area (Å²) in [5, 5.41) is 7.72. The average molecular weight is 289 g/mol. The molecular formula is C16H23N3O2. The Labute approximate surface area is 125 Å². The van der Waals surface area contributed by atoms with E-state index >= 15 is 0 Å². The van der Waals surface area contributed by atoms with Crippen LogP contribution in [0.4, 0.5) is 0 Å². The molecule has 1 fully saturated rings. The van der Waals surface area contributed by atoms with E-state index in [1.165, 1.54) is 32.1 Å². The Kier molecular flexibility index (Phi) is 4.70. The number of hydrogen-bond acceptors (Lipinski definition) is 5. The van der Waals surface area contributed by atoms with Crippen LogP contribution < -0.4 is 5.32 Å². The molecule has 1 N–H and O–H groups in total. The number of aromatic nitrogens is 2. The zero-order valence-electron chi connectivity index (χ0n) is 12.5. The van der Waals surface area contributed by atoms with Crippen LogP contribution in [-0.2, 0) is 6.42 Å². The molecule has 2 atom stereocenters. The molecule has 2 aromatic rings. The average Bonchev–Trinajstić information content (AvgIpc) is 3.17. The van der Waals surface area contributed by atoms with Gasteiger partial charge in [0.05, 0.1) is 11.8 Å². The third-order valence-electron chi connectivity index (χ3n) is 4.25. The maximum Gasteiger partial charge on any atom is 0.227 e. The van der Waals surface area contributed by atoms with Gasteiger partial charge in [0.2, 0.25) is 11.7 Å². The van der Waals surface area contributed by atoms with Gasteiger partial charge in [-0.2, -0.15) is 4.98 Å². The highest BCUT2D eigenvalue weighted by Crippen LogP contribution is 2.28. The molecule has 3 rings (SSSR count). The molecule has 1 saturated carbocycles. The van der Waals surface area contributed by atoms with Crippen molar-refractivity contribution < 1.29 is 8.94 Å². The van der Waals surface area contributed by atoms with Gasteiger partial charge in [0.15, 0.2) is 0 Å². The highest BCUT2D eigenvalue weighted by molar-refractivity contribution is 5.51. The van der Waals surface area contributed by atoms with Crippen LogP contribution in [0.25, 0.3) is 11.4 Å². The lowest BCUT2D eigenvalue weighted by Crippen LogP contribution is -2.39. The largest absolute Gasteiger partial charge is 0.472 e. The van der Waals surface area contributed by atoms with Crippen molar-refractivity contribution >= 4 is 0 Å². The maximum absolute atomic E-state index is 5.41. The summed E-state index contributed by atoms with van der Waals surface area (Å²) in [7, 11) is 0. The molecule has 2 heterocycles. The van der Waals surface area contributed by atoms with E-state index in [1.807, 2.05) is 6.07 Å². The SMILES string of the molecule is CCCNC1CCCCC1Cc1nc(-c2ccoc2)no1. The summed E-state index contributed by atoms with van der Waals surface area (Å²) in [5.41, 5.74) is 0.870. The molecule has 0 radical (unpaired) electrons. The van der Waals surface area contributed by atoms with E-state index in [4.69, 9.17) is 8.94 Å². The predicted octanol–water partition coefficient (Wildman–Crippen LogP) is 3.43. The first-order valence-corrected chi connectivity index (χ1v) is 7.95. The Hall–Kier alpha value is -1.62. The molecule has 0 amide bonds. The van der Waals surface area contributed by atoms with Crippen molar-refractivity contribution in [1.82, 2.24) is 15.5 Å². The number of nitrogens with one attached hydrogen (secondary N) is 1. The van der Waals surface area contributed by atoms with Crippen LogP contribution in [0.3, 0.4) is 0 Å². The summed E-state index contributed by atoms with van der Waals surface area (Å²) in [4.78, 5) is 4.50. The van der Waals surface area contributed by atoms with Crippen molar-refractivity contribution in [3.05, 3.63) is 24.5 Å². The molecule has 0 spiro atoms. The second-order valence-corrected chi connectivity index (χ2v) is 5.83. The van der Waals surface area contributed by atoms with Crippen molar-refractivity contribution in [2.24, 2.45) is 5.92 Å². The summed E-state index contributed by atoms with van der Waals surface area (Å²) in [6, 6.07) is 2.43. The standard InChI is InChI=1S/C16H23N3O2/c1-2-8-17-14-6-4-3-5-12(14)10-15-18-16(19-21-15)13-7-9-20-11-13/h7,9,11-12,14,17H,2-6,8,10H2,1H3. The smallest absolute Gasteiger partial charge is 0.227 e. The zero-order chi connectivity index (χ0) is 14.5. The van der Waals surface area contributed by atoms with Gasteiger partial charge in [-0.3, -0.25) is 0 Å². The molecular weight excluding hydrogens is 266 g/mol. The molecule has 21 heavy (non-hydrogen) atoms. The molecule has 1 aliphatic carbocycles. The van der Waals surface area contributed by atoms with Gasteiger partial charge < -0.3 is 14.3 Å². The van der Waals surface area contributed by atoms with Crippen LogP contribution in [0, 0.1) is 5.92 Å².